The molecule has 0 bridgehead atoms. The van der Waals surface area contributed by atoms with Crippen molar-refractivity contribution in [3.8, 4) is 0 Å². The van der Waals surface area contributed by atoms with Crippen molar-refractivity contribution in [2.75, 3.05) is 11.9 Å². The second-order valence-electron chi connectivity index (χ2n) is 5.99. The van der Waals surface area contributed by atoms with Gasteiger partial charge in [-0.15, -0.1) is 0 Å². The molecule has 6 heteroatoms. The highest BCUT2D eigenvalue weighted by molar-refractivity contribution is 7.15. The Kier molecular flexibility index (Phi) is 4.15. The van der Waals surface area contributed by atoms with Crippen LogP contribution in [0.3, 0.4) is 0 Å². The predicted molar refractivity (Wildman–Crippen MR) is 82.1 cm³/mol. The normalized spacial score (nSPS) is 11.9. The first-order chi connectivity index (χ1) is 9.32. The number of imidazole rings is 1. The lowest BCUT2D eigenvalue weighted by atomic mass is 9.91. The molecule has 2 heterocycles. The molecule has 5 nitrogen and oxygen atoms in total. The Labute approximate surface area is 123 Å². The van der Waals surface area contributed by atoms with Gasteiger partial charge in [0.2, 0.25) is 0 Å². The topological polar surface area (TPSA) is 54.2 Å². The number of aryl methyl sites for hydroxylation is 1. The number of hydrogen-bond acceptors (Lipinski definition) is 5. The summed E-state index contributed by atoms with van der Waals surface area (Å²) in [6.45, 7) is 7.09. The maximum Gasteiger partial charge on any atom is 0.186 e. The first-order valence-corrected chi connectivity index (χ1v) is 7.43. The number of aromatic nitrogens is 3. The smallest absolute Gasteiger partial charge is 0.186 e. The lowest BCUT2D eigenvalue weighted by molar-refractivity contribution is 0.282. The van der Waals surface area contributed by atoms with Gasteiger partial charge in [-0.1, -0.05) is 32.1 Å². The summed E-state index contributed by atoms with van der Waals surface area (Å²) in [6, 6.07) is 0. The van der Waals surface area contributed by atoms with Gasteiger partial charge in [-0.2, -0.15) is 0 Å². The largest absolute Gasteiger partial charge is 0.391 e. The van der Waals surface area contributed by atoms with E-state index in [2.05, 4.69) is 30.7 Å². The van der Waals surface area contributed by atoms with E-state index in [-0.39, 0.29) is 12.0 Å². The van der Waals surface area contributed by atoms with Gasteiger partial charge in [-0.05, 0) is 0 Å². The van der Waals surface area contributed by atoms with Gasteiger partial charge in [0.15, 0.2) is 5.13 Å². The van der Waals surface area contributed by atoms with Crippen LogP contribution in [0.2, 0.25) is 0 Å². The highest BCUT2D eigenvalue weighted by atomic mass is 32.1. The molecule has 0 atom stereocenters. The standard InChI is InChI=1S/C14H22N4OS/c1-14(2,3)12-10(9-19)20-13(16-12)18(5)8-11-15-6-7-17(11)4/h6-7,19H,8-9H2,1-5H3. The van der Waals surface area contributed by atoms with E-state index in [0.717, 1.165) is 21.5 Å². The Morgan fingerprint density at radius 2 is 2.10 bits per heavy atom. The third-order valence-electron chi connectivity index (χ3n) is 3.17. The molecule has 110 valence electrons. The van der Waals surface area contributed by atoms with E-state index in [0.29, 0.717) is 6.54 Å². The van der Waals surface area contributed by atoms with Crippen molar-refractivity contribution in [2.24, 2.45) is 7.05 Å². The van der Waals surface area contributed by atoms with Gasteiger partial charge in [0.1, 0.15) is 5.82 Å². The molecule has 1 N–H and O–H groups in total. The average molecular weight is 294 g/mol. The summed E-state index contributed by atoms with van der Waals surface area (Å²) in [5.41, 5.74) is 0.920. The maximum atomic E-state index is 9.51. The second-order valence-corrected chi connectivity index (χ2v) is 7.05. The van der Waals surface area contributed by atoms with E-state index in [1.165, 1.54) is 0 Å². The lowest BCUT2D eigenvalue weighted by Crippen LogP contribution is -2.19. The summed E-state index contributed by atoms with van der Waals surface area (Å²) in [5, 5.41) is 10.4. The Morgan fingerprint density at radius 1 is 1.40 bits per heavy atom. The van der Waals surface area contributed by atoms with Gasteiger partial charge in [0, 0.05) is 31.9 Å². The summed E-state index contributed by atoms with van der Waals surface area (Å²) >= 11 is 1.55. The number of aliphatic hydroxyl groups is 1. The van der Waals surface area contributed by atoms with Crippen LogP contribution in [0.15, 0.2) is 12.4 Å². The molecule has 0 aliphatic carbocycles. The van der Waals surface area contributed by atoms with Crippen LogP contribution in [0.4, 0.5) is 5.13 Å². The molecule has 0 aliphatic rings. The predicted octanol–water partition coefficient (Wildman–Crippen LogP) is 2.30. The zero-order valence-corrected chi connectivity index (χ0v) is 13.5. The van der Waals surface area contributed by atoms with Crippen LogP contribution < -0.4 is 4.90 Å². The van der Waals surface area contributed by atoms with Crippen LogP contribution in [0.5, 0.6) is 0 Å². The van der Waals surface area contributed by atoms with E-state index in [1.807, 2.05) is 24.9 Å². The molecule has 0 spiro atoms. The number of thiazole rings is 1. The number of anilines is 1. The van der Waals surface area contributed by atoms with E-state index in [1.54, 1.807) is 17.5 Å². The SMILES string of the molecule is CN(Cc1nccn1C)c1nc(C(C)(C)C)c(CO)s1. The minimum Gasteiger partial charge on any atom is -0.391 e. The zero-order valence-electron chi connectivity index (χ0n) is 12.7. The molecule has 2 aromatic heterocycles. The second kappa shape index (κ2) is 5.54. The first kappa shape index (κ1) is 15.0. The molecule has 0 unspecified atom stereocenters. The highest BCUT2D eigenvalue weighted by Crippen LogP contribution is 2.33. The van der Waals surface area contributed by atoms with Crippen molar-refractivity contribution in [1.82, 2.24) is 14.5 Å². The summed E-state index contributed by atoms with van der Waals surface area (Å²) in [5.74, 6) is 0.991. The molecule has 0 saturated heterocycles. The number of hydrogen-bond donors (Lipinski definition) is 1. The molecule has 0 aromatic carbocycles. The Balaban J connectivity index is 2.25. The molecule has 0 radical (unpaired) electrons. The summed E-state index contributed by atoms with van der Waals surface area (Å²) in [4.78, 5) is 12.1. The number of rotatable bonds is 4. The number of nitrogens with zero attached hydrogens (tertiary/aromatic N) is 4. The third kappa shape index (κ3) is 3.02. The fraction of sp³-hybridized carbons (Fsp3) is 0.571. The lowest BCUT2D eigenvalue weighted by Gasteiger charge is -2.18. The van der Waals surface area contributed by atoms with Crippen molar-refractivity contribution >= 4 is 16.5 Å². The van der Waals surface area contributed by atoms with E-state index in [9.17, 15) is 5.11 Å². The molecule has 0 aliphatic heterocycles. The zero-order chi connectivity index (χ0) is 14.9. The summed E-state index contributed by atoms with van der Waals surface area (Å²) in [7, 11) is 3.98. The van der Waals surface area contributed by atoms with E-state index >= 15 is 0 Å². The van der Waals surface area contributed by atoms with Gasteiger partial charge in [0.25, 0.3) is 0 Å². The summed E-state index contributed by atoms with van der Waals surface area (Å²) < 4.78 is 2.00. The van der Waals surface area contributed by atoms with Crippen molar-refractivity contribution < 1.29 is 5.11 Å². The molecule has 0 fully saturated rings. The van der Waals surface area contributed by atoms with Crippen LogP contribution in [0.25, 0.3) is 0 Å². The molecule has 0 saturated carbocycles. The molecular formula is C14H22N4OS. The van der Waals surface area contributed by atoms with Gasteiger partial charge >= 0.3 is 0 Å². The first-order valence-electron chi connectivity index (χ1n) is 6.61. The van der Waals surface area contributed by atoms with Crippen molar-refractivity contribution in [3.63, 3.8) is 0 Å². The molecule has 20 heavy (non-hydrogen) atoms. The monoisotopic (exact) mass is 294 g/mol. The van der Waals surface area contributed by atoms with Gasteiger partial charge < -0.3 is 14.6 Å². The van der Waals surface area contributed by atoms with Crippen LogP contribution in [0.1, 0.15) is 37.2 Å². The molecule has 2 rings (SSSR count). The Morgan fingerprint density at radius 3 is 2.55 bits per heavy atom. The van der Waals surface area contributed by atoms with Gasteiger partial charge in [-0.25, -0.2) is 9.97 Å². The van der Waals surface area contributed by atoms with Crippen molar-refractivity contribution in [3.05, 3.63) is 28.8 Å². The van der Waals surface area contributed by atoms with Crippen molar-refractivity contribution in [1.29, 1.82) is 0 Å². The number of aliphatic hydroxyl groups excluding tert-OH is 1. The third-order valence-corrected chi connectivity index (χ3v) is 4.32. The maximum absolute atomic E-state index is 9.51. The molecule has 0 amide bonds. The van der Waals surface area contributed by atoms with Gasteiger partial charge in [-0.3, -0.25) is 0 Å². The highest BCUT2D eigenvalue weighted by Gasteiger charge is 2.24. The van der Waals surface area contributed by atoms with Crippen LogP contribution in [-0.2, 0) is 25.6 Å². The van der Waals surface area contributed by atoms with Crippen LogP contribution >= 0.6 is 11.3 Å². The Hall–Kier alpha value is -1.40. The van der Waals surface area contributed by atoms with Gasteiger partial charge in [0.05, 0.1) is 23.7 Å². The quantitative estimate of drug-likeness (QED) is 0.940. The fourth-order valence-corrected chi connectivity index (χ4v) is 3.12. The summed E-state index contributed by atoms with van der Waals surface area (Å²) in [6.07, 6.45) is 3.73. The van der Waals surface area contributed by atoms with Crippen LogP contribution in [0, 0.1) is 0 Å². The Bertz CT molecular complexity index is 582. The van der Waals surface area contributed by atoms with Crippen molar-refractivity contribution in [2.45, 2.75) is 39.3 Å². The van der Waals surface area contributed by atoms with Crippen LogP contribution in [-0.4, -0.2) is 26.7 Å². The van der Waals surface area contributed by atoms with E-state index < -0.39 is 0 Å². The fourth-order valence-electron chi connectivity index (χ4n) is 2.02. The average Bonchev–Trinajstić information content (AvgIpc) is 2.95. The molecule has 2 aromatic rings. The minimum absolute atomic E-state index is 0.0422. The minimum atomic E-state index is -0.0587. The van der Waals surface area contributed by atoms with E-state index in [4.69, 9.17) is 4.98 Å². The molecular weight excluding hydrogens is 272 g/mol.